The minimum Gasteiger partial charge on any atom is -0.398 e. The maximum absolute atomic E-state index is 6.04. The molecule has 0 bridgehead atoms. The molecule has 15 heavy (non-hydrogen) atoms. The Morgan fingerprint density at radius 2 is 1.87 bits per heavy atom. The van der Waals surface area contributed by atoms with Crippen LogP contribution in [-0.2, 0) is 0 Å². The molecular weight excluding hydrogens is 202 g/mol. The first kappa shape index (κ1) is 8.74. The van der Waals surface area contributed by atoms with Gasteiger partial charge in [-0.2, -0.15) is 0 Å². The molecule has 3 rings (SSSR count). The lowest BCUT2D eigenvalue weighted by Crippen LogP contribution is -1.86. The Morgan fingerprint density at radius 1 is 1.13 bits per heavy atom. The first-order valence-electron chi connectivity index (χ1n) is 4.92. The third-order valence-corrected chi connectivity index (χ3v) is 3.84. The highest BCUT2D eigenvalue weighted by Crippen LogP contribution is 2.35. The Hall–Kier alpha value is -1.54. The minimum atomic E-state index is 0.875. The van der Waals surface area contributed by atoms with Gasteiger partial charge < -0.3 is 5.73 Å². The van der Waals surface area contributed by atoms with E-state index >= 15 is 0 Å². The van der Waals surface area contributed by atoms with E-state index in [-0.39, 0.29) is 0 Å². The van der Waals surface area contributed by atoms with E-state index in [2.05, 4.69) is 36.6 Å². The van der Waals surface area contributed by atoms with Crippen molar-refractivity contribution < 1.29 is 0 Å². The molecule has 0 spiro atoms. The summed E-state index contributed by atoms with van der Waals surface area (Å²) in [4.78, 5) is 0. The maximum Gasteiger partial charge on any atom is 0.0408 e. The first-order chi connectivity index (χ1) is 7.27. The molecule has 0 saturated carbocycles. The number of nitrogen functional groups attached to an aromatic ring is 1. The molecule has 1 nitrogen and oxygen atoms in total. The second-order valence-electron chi connectivity index (χ2n) is 3.80. The van der Waals surface area contributed by atoms with Gasteiger partial charge in [0.2, 0.25) is 0 Å². The van der Waals surface area contributed by atoms with Gasteiger partial charge in [-0.1, -0.05) is 24.3 Å². The molecule has 0 aliphatic rings. The number of benzene rings is 2. The van der Waals surface area contributed by atoms with Crippen molar-refractivity contribution in [2.45, 2.75) is 6.92 Å². The summed E-state index contributed by atoms with van der Waals surface area (Å²) in [5.41, 5.74) is 8.25. The van der Waals surface area contributed by atoms with Crippen molar-refractivity contribution in [2.75, 3.05) is 5.73 Å². The van der Waals surface area contributed by atoms with Gasteiger partial charge in [0.1, 0.15) is 0 Å². The van der Waals surface area contributed by atoms with Crippen molar-refractivity contribution in [3.8, 4) is 0 Å². The predicted molar refractivity (Wildman–Crippen MR) is 68.5 cm³/mol. The van der Waals surface area contributed by atoms with Crippen LogP contribution in [0.25, 0.3) is 20.9 Å². The van der Waals surface area contributed by atoms with Crippen LogP contribution in [0.15, 0.2) is 35.7 Å². The van der Waals surface area contributed by atoms with E-state index in [4.69, 9.17) is 5.73 Å². The lowest BCUT2D eigenvalue weighted by atomic mass is 10.0. The van der Waals surface area contributed by atoms with Crippen LogP contribution in [0.2, 0.25) is 0 Å². The number of hydrogen-bond donors (Lipinski definition) is 1. The number of aryl methyl sites for hydroxylation is 1. The fourth-order valence-corrected chi connectivity index (χ4v) is 3.09. The van der Waals surface area contributed by atoms with Crippen LogP contribution < -0.4 is 5.73 Å². The number of fused-ring (bicyclic) bond motifs is 3. The molecule has 0 amide bonds. The van der Waals surface area contributed by atoms with Crippen LogP contribution in [0.1, 0.15) is 5.56 Å². The van der Waals surface area contributed by atoms with Gasteiger partial charge in [-0.25, -0.2) is 0 Å². The van der Waals surface area contributed by atoms with Crippen molar-refractivity contribution >= 4 is 37.9 Å². The second kappa shape index (κ2) is 2.97. The summed E-state index contributed by atoms with van der Waals surface area (Å²) in [5.74, 6) is 0. The number of nitrogens with two attached hydrogens (primary N) is 1. The van der Waals surface area contributed by atoms with Gasteiger partial charge in [0.15, 0.2) is 0 Å². The zero-order valence-electron chi connectivity index (χ0n) is 8.45. The van der Waals surface area contributed by atoms with Gasteiger partial charge in [-0.15, -0.1) is 11.3 Å². The Bertz CT molecular complexity index is 652. The van der Waals surface area contributed by atoms with Crippen molar-refractivity contribution in [1.29, 1.82) is 0 Å². The van der Waals surface area contributed by atoms with E-state index < -0.39 is 0 Å². The molecule has 0 atom stereocenters. The molecule has 0 unspecified atom stereocenters. The molecule has 74 valence electrons. The van der Waals surface area contributed by atoms with Gasteiger partial charge in [-0.05, 0) is 29.3 Å². The highest BCUT2D eigenvalue weighted by Gasteiger charge is 2.07. The quantitative estimate of drug-likeness (QED) is 0.562. The van der Waals surface area contributed by atoms with E-state index in [1.165, 1.54) is 21.0 Å². The van der Waals surface area contributed by atoms with Crippen molar-refractivity contribution in [3.63, 3.8) is 0 Å². The molecule has 2 N–H and O–H groups in total. The van der Waals surface area contributed by atoms with Crippen LogP contribution in [0.5, 0.6) is 0 Å². The molecule has 0 radical (unpaired) electrons. The second-order valence-corrected chi connectivity index (χ2v) is 4.71. The van der Waals surface area contributed by atoms with Crippen LogP contribution in [0.4, 0.5) is 5.69 Å². The molecule has 0 saturated heterocycles. The number of hydrogen-bond acceptors (Lipinski definition) is 2. The molecule has 0 aliphatic carbocycles. The van der Waals surface area contributed by atoms with E-state index in [9.17, 15) is 0 Å². The summed E-state index contributed by atoms with van der Waals surface area (Å²) in [5, 5.41) is 5.97. The zero-order valence-corrected chi connectivity index (χ0v) is 9.27. The van der Waals surface area contributed by atoms with Gasteiger partial charge >= 0.3 is 0 Å². The van der Waals surface area contributed by atoms with E-state index in [1.54, 1.807) is 11.3 Å². The molecular formula is C13H11NS. The number of thiophene rings is 1. The Labute approximate surface area is 92.1 Å². The van der Waals surface area contributed by atoms with Crippen LogP contribution in [0, 0.1) is 6.92 Å². The Morgan fingerprint density at radius 3 is 2.67 bits per heavy atom. The van der Waals surface area contributed by atoms with Gasteiger partial charge in [0, 0.05) is 21.2 Å². The van der Waals surface area contributed by atoms with Crippen molar-refractivity contribution in [1.82, 2.24) is 0 Å². The average Bonchev–Trinajstić information content (AvgIpc) is 2.61. The number of rotatable bonds is 0. The van der Waals surface area contributed by atoms with E-state index in [1.807, 2.05) is 6.07 Å². The lowest BCUT2D eigenvalue weighted by Gasteiger charge is -2.04. The minimum absolute atomic E-state index is 0.875. The molecule has 0 aliphatic heterocycles. The first-order valence-corrected chi connectivity index (χ1v) is 5.80. The number of anilines is 1. The van der Waals surface area contributed by atoms with Crippen LogP contribution in [-0.4, -0.2) is 0 Å². The summed E-state index contributed by atoms with van der Waals surface area (Å²) in [6.07, 6.45) is 0. The third kappa shape index (κ3) is 1.15. The summed E-state index contributed by atoms with van der Waals surface area (Å²) in [6, 6.07) is 10.4. The van der Waals surface area contributed by atoms with Crippen molar-refractivity contribution in [3.05, 3.63) is 41.3 Å². The maximum atomic E-state index is 6.04. The topological polar surface area (TPSA) is 26.0 Å². The van der Waals surface area contributed by atoms with Gasteiger partial charge in [-0.3, -0.25) is 0 Å². The zero-order chi connectivity index (χ0) is 10.4. The smallest absolute Gasteiger partial charge is 0.0408 e. The third-order valence-electron chi connectivity index (χ3n) is 2.80. The summed E-state index contributed by atoms with van der Waals surface area (Å²) in [6.45, 7) is 2.15. The molecule has 2 heteroatoms. The summed E-state index contributed by atoms with van der Waals surface area (Å²) >= 11 is 1.76. The van der Waals surface area contributed by atoms with E-state index in [0.717, 1.165) is 11.1 Å². The van der Waals surface area contributed by atoms with Crippen LogP contribution >= 0.6 is 11.3 Å². The fourth-order valence-electron chi connectivity index (χ4n) is 2.09. The fraction of sp³-hybridized carbons (Fsp3) is 0.0769. The highest BCUT2D eigenvalue weighted by molar-refractivity contribution is 7.17. The predicted octanol–water partition coefficient (Wildman–Crippen LogP) is 3.95. The Balaban J connectivity index is 2.67. The molecule has 1 aromatic heterocycles. The SMILES string of the molecule is Cc1csc2cc(N)c3ccccc3c12. The highest BCUT2D eigenvalue weighted by atomic mass is 32.1. The largest absolute Gasteiger partial charge is 0.398 e. The van der Waals surface area contributed by atoms with Gasteiger partial charge in [0.05, 0.1) is 0 Å². The van der Waals surface area contributed by atoms with Crippen molar-refractivity contribution in [2.24, 2.45) is 0 Å². The normalized spacial score (nSPS) is 11.3. The average molecular weight is 213 g/mol. The monoisotopic (exact) mass is 213 g/mol. The van der Waals surface area contributed by atoms with Gasteiger partial charge in [0.25, 0.3) is 0 Å². The summed E-state index contributed by atoms with van der Waals surface area (Å²) < 4.78 is 1.28. The van der Waals surface area contributed by atoms with Crippen LogP contribution in [0.3, 0.4) is 0 Å². The molecule has 1 heterocycles. The molecule has 3 aromatic rings. The lowest BCUT2D eigenvalue weighted by molar-refractivity contribution is 1.61. The molecule has 2 aromatic carbocycles. The standard InChI is InChI=1S/C13H11NS/c1-8-7-15-12-6-11(14)9-4-2-3-5-10(9)13(8)12/h2-7H,14H2,1H3. The van der Waals surface area contributed by atoms with E-state index in [0.29, 0.717) is 0 Å². The summed E-state index contributed by atoms with van der Waals surface area (Å²) in [7, 11) is 0. The Kier molecular flexibility index (Phi) is 1.73. The molecule has 0 fully saturated rings.